The van der Waals surface area contributed by atoms with Gasteiger partial charge in [-0.25, -0.2) is 4.79 Å². The Morgan fingerprint density at radius 3 is 2.94 bits per heavy atom. The number of nitrogens with one attached hydrogen (secondary N) is 1. The first-order valence-corrected chi connectivity index (χ1v) is 6.51. The van der Waals surface area contributed by atoms with Crippen LogP contribution in [0.3, 0.4) is 0 Å². The lowest BCUT2D eigenvalue weighted by Gasteiger charge is -2.09. The monoisotopic (exact) mass is 263 g/mol. The summed E-state index contributed by atoms with van der Waals surface area (Å²) in [5.74, 6) is -0.786. The van der Waals surface area contributed by atoms with Crippen LogP contribution < -0.4 is 5.32 Å². The maximum atomic E-state index is 11.5. The van der Waals surface area contributed by atoms with E-state index in [0.29, 0.717) is 4.88 Å². The number of rotatable bonds is 4. The summed E-state index contributed by atoms with van der Waals surface area (Å²) in [7, 11) is 0. The van der Waals surface area contributed by atoms with Gasteiger partial charge in [-0.05, 0) is 30.4 Å². The summed E-state index contributed by atoms with van der Waals surface area (Å²) in [6.07, 6.45) is 7.70. The van der Waals surface area contributed by atoms with Crippen molar-refractivity contribution in [2.75, 3.05) is 6.61 Å². The first kappa shape index (κ1) is 12.6. The Balaban J connectivity index is 1.76. The predicted octanol–water partition coefficient (Wildman–Crippen LogP) is 2.25. The van der Waals surface area contributed by atoms with Gasteiger partial charge >= 0.3 is 5.97 Å². The summed E-state index contributed by atoms with van der Waals surface area (Å²) in [4.78, 5) is 23.5. The molecule has 0 unspecified atom stereocenters. The molecule has 1 aromatic heterocycles. The van der Waals surface area contributed by atoms with E-state index in [1.807, 2.05) is 18.2 Å². The lowest BCUT2D eigenvalue weighted by Crippen LogP contribution is -2.27. The fourth-order valence-electron chi connectivity index (χ4n) is 1.50. The standard InChI is InChI=1S/C13H13NO3S/c15-12(14-10-5-2-1-3-6-10)9-17-13(16)11-7-4-8-18-11/h2,4-8H,1,3,9H2,(H,14,15). The molecule has 0 aliphatic heterocycles. The van der Waals surface area contributed by atoms with Crippen molar-refractivity contribution in [3.05, 3.63) is 46.3 Å². The summed E-state index contributed by atoms with van der Waals surface area (Å²) < 4.78 is 4.90. The molecule has 5 heteroatoms. The van der Waals surface area contributed by atoms with Crippen LogP contribution in [0.5, 0.6) is 0 Å². The number of amides is 1. The van der Waals surface area contributed by atoms with Crippen molar-refractivity contribution in [1.82, 2.24) is 5.32 Å². The zero-order valence-electron chi connectivity index (χ0n) is 9.72. The Morgan fingerprint density at radius 2 is 2.28 bits per heavy atom. The van der Waals surface area contributed by atoms with Crippen LogP contribution in [-0.4, -0.2) is 18.5 Å². The van der Waals surface area contributed by atoms with Crippen LogP contribution in [0.25, 0.3) is 0 Å². The van der Waals surface area contributed by atoms with E-state index >= 15 is 0 Å². The van der Waals surface area contributed by atoms with E-state index in [1.54, 1.807) is 17.5 Å². The molecule has 1 heterocycles. The van der Waals surface area contributed by atoms with E-state index in [9.17, 15) is 9.59 Å². The average molecular weight is 263 g/mol. The van der Waals surface area contributed by atoms with E-state index in [1.165, 1.54) is 11.3 Å². The normalized spacial score (nSPS) is 13.9. The van der Waals surface area contributed by atoms with Gasteiger partial charge in [-0.2, -0.15) is 0 Å². The lowest BCUT2D eigenvalue weighted by molar-refractivity contribution is -0.123. The van der Waals surface area contributed by atoms with Crippen LogP contribution in [-0.2, 0) is 9.53 Å². The molecule has 0 atom stereocenters. The summed E-state index contributed by atoms with van der Waals surface area (Å²) in [5.41, 5.74) is 0.762. The average Bonchev–Trinajstić information content (AvgIpc) is 2.91. The van der Waals surface area contributed by atoms with Crippen molar-refractivity contribution in [3.8, 4) is 0 Å². The van der Waals surface area contributed by atoms with Gasteiger partial charge in [0.1, 0.15) is 4.88 Å². The Labute approximate surface area is 109 Å². The van der Waals surface area contributed by atoms with E-state index in [-0.39, 0.29) is 12.5 Å². The highest BCUT2D eigenvalue weighted by Crippen LogP contribution is 2.10. The molecule has 1 aliphatic carbocycles. The fraction of sp³-hybridized carbons (Fsp3) is 0.231. The van der Waals surface area contributed by atoms with Gasteiger partial charge in [0.25, 0.3) is 5.91 Å². The number of hydrogen-bond donors (Lipinski definition) is 1. The van der Waals surface area contributed by atoms with Crippen molar-refractivity contribution in [2.24, 2.45) is 0 Å². The minimum atomic E-state index is -0.465. The van der Waals surface area contributed by atoms with E-state index < -0.39 is 5.97 Å². The second-order valence-electron chi connectivity index (χ2n) is 3.74. The third-order valence-electron chi connectivity index (χ3n) is 2.34. The number of carbonyl (C=O) groups is 2. The van der Waals surface area contributed by atoms with Gasteiger partial charge in [0.2, 0.25) is 0 Å². The number of carbonyl (C=O) groups excluding carboxylic acids is 2. The molecule has 1 aliphatic rings. The molecular weight excluding hydrogens is 250 g/mol. The lowest BCUT2D eigenvalue weighted by atomic mass is 10.1. The Bertz CT molecular complexity index is 488. The molecule has 0 bridgehead atoms. The molecule has 18 heavy (non-hydrogen) atoms. The van der Waals surface area contributed by atoms with E-state index in [4.69, 9.17) is 4.74 Å². The van der Waals surface area contributed by atoms with Gasteiger partial charge in [-0.3, -0.25) is 4.79 Å². The maximum absolute atomic E-state index is 11.5. The predicted molar refractivity (Wildman–Crippen MR) is 69.2 cm³/mol. The molecule has 1 aromatic rings. The highest BCUT2D eigenvalue weighted by Gasteiger charge is 2.11. The first-order chi connectivity index (χ1) is 8.75. The smallest absolute Gasteiger partial charge is 0.348 e. The Kier molecular flexibility index (Phi) is 4.30. The molecule has 0 radical (unpaired) electrons. The zero-order chi connectivity index (χ0) is 12.8. The second-order valence-corrected chi connectivity index (χ2v) is 4.69. The van der Waals surface area contributed by atoms with Crippen LogP contribution >= 0.6 is 11.3 Å². The van der Waals surface area contributed by atoms with Gasteiger partial charge in [-0.1, -0.05) is 18.2 Å². The zero-order valence-corrected chi connectivity index (χ0v) is 10.5. The third kappa shape index (κ3) is 3.56. The molecule has 1 N–H and O–H groups in total. The minimum absolute atomic E-state index is 0.262. The van der Waals surface area contributed by atoms with Gasteiger partial charge in [0.15, 0.2) is 6.61 Å². The van der Waals surface area contributed by atoms with E-state index in [0.717, 1.165) is 18.5 Å². The van der Waals surface area contributed by atoms with Crippen LogP contribution in [0.4, 0.5) is 0 Å². The van der Waals surface area contributed by atoms with E-state index in [2.05, 4.69) is 5.32 Å². The quantitative estimate of drug-likeness (QED) is 0.848. The third-order valence-corrected chi connectivity index (χ3v) is 3.19. The Hall–Kier alpha value is -1.88. The molecular formula is C13H13NO3S. The SMILES string of the molecule is O=C(COC(=O)c1cccs1)NC1=CCCC=C1. The van der Waals surface area contributed by atoms with Crippen LogP contribution in [0.1, 0.15) is 22.5 Å². The first-order valence-electron chi connectivity index (χ1n) is 5.63. The van der Waals surface area contributed by atoms with Crippen LogP contribution in [0, 0.1) is 0 Å². The van der Waals surface area contributed by atoms with Crippen molar-refractivity contribution in [1.29, 1.82) is 0 Å². The summed E-state index contributed by atoms with van der Waals surface area (Å²) in [6.45, 7) is -0.262. The number of ether oxygens (including phenoxy) is 1. The van der Waals surface area contributed by atoms with Crippen molar-refractivity contribution in [3.63, 3.8) is 0 Å². The molecule has 4 nitrogen and oxygen atoms in total. The van der Waals surface area contributed by atoms with Gasteiger partial charge in [0.05, 0.1) is 0 Å². The number of allylic oxidation sites excluding steroid dienone is 3. The highest BCUT2D eigenvalue weighted by atomic mass is 32.1. The molecule has 2 rings (SSSR count). The number of esters is 1. The van der Waals surface area contributed by atoms with Crippen molar-refractivity contribution < 1.29 is 14.3 Å². The van der Waals surface area contributed by atoms with Crippen LogP contribution in [0.2, 0.25) is 0 Å². The minimum Gasteiger partial charge on any atom is -0.451 e. The van der Waals surface area contributed by atoms with Gasteiger partial charge in [0, 0.05) is 5.70 Å². The summed E-state index contributed by atoms with van der Waals surface area (Å²) in [5, 5.41) is 4.47. The summed E-state index contributed by atoms with van der Waals surface area (Å²) >= 11 is 1.29. The maximum Gasteiger partial charge on any atom is 0.348 e. The van der Waals surface area contributed by atoms with Gasteiger partial charge < -0.3 is 10.1 Å². The number of hydrogen-bond acceptors (Lipinski definition) is 4. The fourth-order valence-corrected chi connectivity index (χ4v) is 2.12. The molecule has 0 aromatic carbocycles. The molecule has 94 valence electrons. The van der Waals surface area contributed by atoms with Crippen molar-refractivity contribution >= 4 is 23.2 Å². The molecule has 0 saturated heterocycles. The van der Waals surface area contributed by atoms with Gasteiger partial charge in [-0.15, -0.1) is 11.3 Å². The highest BCUT2D eigenvalue weighted by molar-refractivity contribution is 7.11. The second kappa shape index (κ2) is 6.16. The summed E-state index contributed by atoms with van der Waals surface area (Å²) in [6, 6.07) is 3.43. The number of thiophene rings is 1. The molecule has 0 fully saturated rings. The molecule has 0 saturated carbocycles. The largest absolute Gasteiger partial charge is 0.451 e. The topological polar surface area (TPSA) is 55.4 Å². The molecule has 1 amide bonds. The molecule has 0 spiro atoms. The van der Waals surface area contributed by atoms with Crippen LogP contribution in [0.15, 0.2) is 41.4 Å². The van der Waals surface area contributed by atoms with Crippen molar-refractivity contribution in [2.45, 2.75) is 12.8 Å². The Morgan fingerprint density at radius 1 is 1.39 bits per heavy atom.